The van der Waals surface area contributed by atoms with Crippen molar-refractivity contribution in [3.8, 4) is 5.75 Å². The highest BCUT2D eigenvalue weighted by molar-refractivity contribution is 5.85. The number of non-ortho nitro benzene ring substituents is 1. The zero-order chi connectivity index (χ0) is 13.0. The molecule has 0 spiro atoms. The first kappa shape index (κ1) is 11.7. The third-order valence-corrected chi connectivity index (χ3v) is 2.21. The van der Waals surface area contributed by atoms with E-state index >= 15 is 0 Å². The van der Waals surface area contributed by atoms with Crippen molar-refractivity contribution in [1.29, 1.82) is 0 Å². The van der Waals surface area contributed by atoms with Gasteiger partial charge in [0.1, 0.15) is 5.75 Å². The van der Waals surface area contributed by atoms with Crippen LogP contribution in [0.4, 0.5) is 11.5 Å². The monoisotopic (exact) mass is 243 g/mol. The van der Waals surface area contributed by atoms with E-state index in [4.69, 9.17) is 0 Å². The van der Waals surface area contributed by atoms with Crippen LogP contribution in [0.1, 0.15) is 5.56 Å². The Bertz CT molecular complexity index is 597. The van der Waals surface area contributed by atoms with Gasteiger partial charge >= 0.3 is 0 Å². The van der Waals surface area contributed by atoms with Crippen LogP contribution < -0.4 is 0 Å². The lowest BCUT2D eigenvalue weighted by atomic mass is 10.2. The summed E-state index contributed by atoms with van der Waals surface area (Å²) in [6.07, 6.45) is 2.92. The van der Waals surface area contributed by atoms with Crippen LogP contribution in [-0.4, -0.2) is 21.2 Å². The number of aliphatic imine (C=N–C) groups is 1. The fraction of sp³-hybridized carbons (Fsp3) is 0. The van der Waals surface area contributed by atoms with Crippen LogP contribution in [0.15, 0.2) is 47.6 Å². The Morgan fingerprint density at radius 1 is 1.33 bits per heavy atom. The van der Waals surface area contributed by atoms with E-state index in [1.165, 1.54) is 24.4 Å². The number of nitro groups is 1. The van der Waals surface area contributed by atoms with Crippen molar-refractivity contribution in [2.24, 2.45) is 4.99 Å². The molecule has 1 aromatic carbocycles. The van der Waals surface area contributed by atoms with Crippen molar-refractivity contribution in [2.45, 2.75) is 0 Å². The maximum Gasteiger partial charge on any atom is 0.270 e. The molecule has 2 aromatic rings. The normalized spacial score (nSPS) is 10.7. The van der Waals surface area contributed by atoms with Crippen LogP contribution in [0.5, 0.6) is 5.75 Å². The molecule has 0 saturated carbocycles. The molecule has 18 heavy (non-hydrogen) atoms. The van der Waals surface area contributed by atoms with Crippen LogP contribution >= 0.6 is 0 Å². The molecular formula is C12H9N3O3. The van der Waals surface area contributed by atoms with Crippen molar-refractivity contribution in [2.75, 3.05) is 0 Å². The Balaban J connectivity index is 2.31. The minimum Gasteiger partial charge on any atom is -0.507 e. The van der Waals surface area contributed by atoms with Gasteiger partial charge in [-0.1, -0.05) is 6.07 Å². The van der Waals surface area contributed by atoms with Crippen LogP contribution in [0.2, 0.25) is 0 Å². The van der Waals surface area contributed by atoms with Crippen molar-refractivity contribution < 1.29 is 10.0 Å². The predicted octanol–water partition coefficient (Wildman–Crippen LogP) is 2.45. The van der Waals surface area contributed by atoms with Gasteiger partial charge in [0.25, 0.3) is 5.69 Å². The second-order valence-corrected chi connectivity index (χ2v) is 3.45. The Labute approximate surface area is 102 Å². The smallest absolute Gasteiger partial charge is 0.270 e. The van der Waals surface area contributed by atoms with Gasteiger partial charge in [-0.05, 0) is 18.2 Å². The van der Waals surface area contributed by atoms with Gasteiger partial charge in [-0.3, -0.25) is 10.1 Å². The standard InChI is InChI=1S/C12H9N3O3/c16-11-5-4-10(15(17)18)7-9(11)8-14-12-3-1-2-6-13-12/h1-8,16H. The second kappa shape index (κ2) is 5.05. The Morgan fingerprint density at radius 3 is 2.83 bits per heavy atom. The molecule has 0 saturated heterocycles. The molecule has 0 unspecified atom stereocenters. The number of hydrogen-bond acceptors (Lipinski definition) is 5. The van der Waals surface area contributed by atoms with E-state index in [0.717, 1.165) is 0 Å². The highest BCUT2D eigenvalue weighted by atomic mass is 16.6. The summed E-state index contributed by atoms with van der Waals surface area (Å²) >= 11 is 0. The van der Waals surface area contributed by atoms with Gasteiger partial charge < -0.3 is 5.11 Å². The van der Waals surface area contributed by atoms with Gasteiger partial charge in [0.05, 0.1) is 4.92 Å². The SMILES string of the molecule is O=[N+]([O-])c1ccc(O)c(C=Nc2ccccn2)c1. The summed E-state index contributed by atoms with van der Waals surface area (Å²) in [6.45, 7) is 0. The number of pyridine rings is 1. The summed E-state index contributed by atoms with van der Waals surface area (Å²) in [5.41, 5.74) is 0.171. The minimum atomic E-state index is -0.530. The van der Waals surface area contributed by atoms with Gasteiger partial charge in [0.2, 0.25) is 0 Å². The van der Waals surface area contributed by atoms with Gasteiger partial charge in [-0.25, -0.2) is 9.98 Å². The molecule has 0 aliphatic heterocycles. The number of hydrogen-bond donors (Lipinski definition) is 1. The van der Waals surface area contributed by atoms with E-state index in [9.17, 15) is 15.2 Å². The lowest BCUT2D eigenvalue weighted by Crippen LogP contribution is -1.90. The largest absolute Gasteiger partial charge is 0.507 e. The van der Waals surface area contributed by atoms with E-state index in [-0.39, 0.29) is 17.0 Å². The van der Waals surface area contributed by atoms with Crippen LogP contribution in [0.3, 0.4) is 0 Å². The molecule has 6 heteroatoms. The van der Waals surface area contributed by atoms with Crippen molar-refractivity contribution in [3.05, 3.63) is 58.3 Å². The molecule has 0 radical (unpaired) electrons. The number of rotatable bonds is 3. The number of phenolic OH excluding ortho intramolecular Hbond substituents is 1. The first-order valence-electron chi connectivity index (χ1n) is 5.09. The zero-order valence-electron chi connectivity index (χ0n) is 9.22. The van der Waals surface area contributed by atoms with E-state index in [0.29, 0.717) is 5.82 Å². The van der Waals surface area contributed by atoms with Crippen molar-refractivity contribution >= 4 is 17.7 Å². The molecule has 1 heterocycles. The molecule has 1 aromatic heterocycles. The average Bonchev–Trinajstić information content (AvgIpc) is 2.38. The van der Waals surface area contributed by atoms with Crippen molar-refractivity contribution in [3.63, 3.8) is 0 Å². The third-order valence-electron chi connectivity index (χ3n) is 2.21. The Hall–Kier alpha value is -2.76. The van der Waals surface area contributed by atoms with E-state index < -0.39 is 4.92 Å². The first-order valence-corrected chi connectivity index (χ1v) is 5.09. The number of aromatic nitrogens is 1. The average molecular weight is 243 g/mol. The van der Waals surface area contributed by atoms with Gasteiger partial charge in [-0.2, -0.15) is 0 Å². The lowest BCUT2D eigenvalue weighted by Gasteiger charge is -1.98. The summed E-state index contributed by atoms with van der Waals surface area (Å²) in [5, 5.41) is 20.2. The molecular weight excluding hydrogens is 234 g/mol. The summed E-state index contributed by atoms with van der Waals surface area (Å²) in [4.78, 5) is 18.1. The van der Waals surface area contributed by atoms with Gasteiger partial charge in [0.15, 0.2) is 5.82 Å². The molecule has 1 N–H and O–H groups in total. The predicted molar refractivity (Wildman–Crippen MR) is 66.3 cm³/mol. The molecule has 90 valence electrons. The molecule has 0 atom stereocenters. The number of benzene rings is 1. The summed E-state index contributed by atoms with van der Waals surface area (Å²) in [6, 6.07) is 8.95. The lowest BCUT2D eigenvalue weighted by molar-refractivity contribution is -0.384. The molecule has 0 fully saturated rings. The quantitative estimate of drug-likeness (QED) is 0.509. The Kier molecular flexibility index (Phi) is 3.29. The minimum absolute atomic E-state index is 0.0692. The van der Waals surface area contributed by atoms with Gasteiger partial charge in [0, 0.05) is 30.1 Å². The summed E-state index contributed by atoms with van der Waals surface area (Å²) in [7, 11) is 0. The topological polar surface area (TPSA) is 88.6 Å². The number of nitrogens with zero attached hydrogens (tertiary/aromatic N) is 3. The van der Waals surface area contributed by atoms with Crippen LogP contribution in [-0.2, 0) is 0 Å². The molecule has 0 aliphatic rings. The summed E-state index contributed by atoms with van der Waals surface area (Å²) in [5.74, 6) is 0.392. The summed E-state index contributed by atoms with van der Waals surface area (Å²) < 4.78 is 0. The Morgan fingerprint density at radius 2 is 2.17 bits per heavy atom. The zero-order valence-corrected chi connectivity index (χ0v) is 9.22. The van der Waals surface area contributed by atoms with Crippen LogP contribution in [0.25, 0.3) is 0 Å². The van der Waals surface area contributed by atoms with E-state index in [2.05, 4.69) is 9.98 Å². The highest BCUT2D eigenvalue weighted by Gasteiger charge is 2.08. The molecule has 0 amide bonds. The van der Waals surface area contributed by atoms with Gasteiger partial charge in [-0.15, -0.1) is 0 Å². The fourth-order valence-corrected chi connectivity index (χ4v) is 1.32. The maximum absolute atomic E-state index is 10.6. The fourth-order valence-electron chi connectivity index (χ4n) is 1.32. The number of nitro benzene ring substituents is 1. The molecule has 6 nitrogen and oxygen atoms in total. The molecule has 2 rings (SSSR count). The molecule has 0 bridgehead atoms. The maximum atomic E-state index is 10.6. The first-order chi connectivity index (χ1) is 8.66. The number of phenols is 1. The van der Waals surface area contributed by atoms with Crippen molar-refractivity contribution in [1.82, 2.24) is 4.98 Å². The van der Waals surface area contributed by atoms with Crippen LogP contribution in [0, 0.1) is 10.1 Å². The van der Waals surface area contributed by atoms with E-state index in [1.54, 1.807) is 24.4 Å². The second-order valence-electron chi connectivity index (χ2n) is 3.45. The highest BCUT2D eigenvalue weighted by Crippen LogP contribution is 2.21. The third kappa shape index (κ3) is 2.67. The van der Waals surface area contributed by atoms with E-state index in [1.807, 2.05) is 0 Å². The molecule has 0 aliphatic carbocycles. The number of aromatic hydroxyl groups is 1.